The normalized spacial score (nSPS) is 10.3. The van der Waals surface area contributed by atoms with Crippen LogP contribution < -0.4 is 5.32 Å². The van der Waals surface area contributed by atoms with Crippen LogP contribution in [0.1, 0.15) is 42.4 Å². The summed E-state index contributed by atoms with van der Waals surface area (Å²) in [6, 6.07) is 0. The molecule has 1 rings (SSSR count). The molecular formula is C12H20N4O3. The second kappa shape index (κ2) is 7.50. The van der Waals surface area contributed by atoms with Crippen LogP contribution in [0.4, 0.5) is 0 Å². The lowest BCUT2D eigenvalue weighted by molar-refractivity contribution is -0.120. The summed E-state index contributed by atoms with van der Waals surface area (Å²) in [6.45, 7) is 2.58. The van der Waals surface area contributed by atoms with Crippen molar-refractivity contribution in [3.63, 3.8) is 0 Å². The molecule has 0 saturated heterocycles. The number of hydrogen-bond acceptors (Lipinski definition) is 5. The molecule has 0 aliphatic carbocycles. The maximum atomic E-state index is 11.5. The van der Waals surface area contributed by atoms with E-state index >= 15 is 0 Å². The van der Waals surface area contributed by atoms with Gasteiger partial charge in [-0.2, -0.15) is 0 Å². The number of carbonyl (C=O) groups excluding carboxylic acids is 2. The van der Waals surface area contributed by atoms with Gasteiger partial charge < -0.3 is 10.1 Å². The number of nitrogens with one attached hydrogen (secondary N) is 1. The molecule has 19 heavy (non-hydrogen) atoms. The van der Waals surface area contributed by atoms with E-state index in [2.05, 4.69) is 20.4 Å². The minimum atomic E-state index is -0.471. The molecule has 1 aromatic heterocycles. The molecule has 0 aromatic carbocycles. The van der Waals surface area contributed by atoms with Crippen LogP contribution in [0.15, 0.2) is 0 Å². The fourth-order valence-electron chi connectivity index (χ4n) is 1.77. The summed E-state index contributed by atoms with van der Waals surface area (Å²) in [5.41, 5.74) is 1.04. The number of methoxy groups -OCH3 is 1. The van der Waals surface area contributed by atoms with E-state index in [0.717, 1.165) is 12.1 Å². The number of amides is 1. The third-order valence-electron chi connectivity index (χ3n) is 2.76. The van der Waals surface area contributed by atoms with Crippen LogP contribution in [0.3, 0.4) is 0 Å². The van der Waals surface area contributed by atoms with Crippen molar-refractivity contribution >= 4 is 11.9 Å². The molecule has 1 heterocycles. The van der Waals surface area contributed by atoms with Crippen LogP contribution >= 0.6 is 0 Å². The number of nitrogens with zero attached hydrogens (tertiary/aromatic N) is 3. The highest BCUT2D eigenvalue weighted by Gasteiger charge is 2.19. The molecule has 0 fully saturated rings. The van der Waals surface area contributed by atoms with Gasteiger partial charge >= 0.3 is 5.97 Å². The fourth-order valence-corrected chi connectivity index (χ4v) is 1.77. The molecule has 1 amide bonds. The summed E-state index contributed by atoms with van der Waals surface area (Å²) in [6.07, 6.45) is 2.67. The second-order valence-corrected chi connectivity index (χ2v) is 4.13. The van der Waals surface area contributed by atoms with E-state index in [1.807, 2.05) is 6.92 Å². The minimum absolute atomic E-state index is 0.00894. The maximum absolute atomic E-state index is 11.5. The molecule has 0 atom stereocenters. The minimum Gasteiger partial charge on any atom is -0.464 e. The van der Waals surface area contributed by atoms with Crippen molar-refractivity contribution < 1.29 is 14.3 Å². The van der Waals surface area contributed by atoms with E-state index in [9.17, 15) is 9.59 Å². The van der Waals surface area contributed by atoms with Crippen molar-refractivity contribution in [1.82, 2.24) is 20.3 Å². The fraction of sp³-hybridized carbons (Fsp3) is 0.667. The predicted molar refractivity (Wildman–Crippen MR) is 68.7 cm³/mol. The van der Waals surface area contributed by atoms with Gasteiger partial charge in [0.2, 0.25) is 5.91 Å². The quantitative estimate of drug-likeness (QED) is 0.729. The Morgan fingerprint density at radius 1 is 1.42 bits per heavy atom. The van der Waals surface area contributed by atoms with Crippen LogP contribution in [0.25, 0.3) is 0 Å². The molecule has 0 radical (unpaired) electrons. The number of carbonyl (C=O) groups is 2. The average Bonchev–Trinajstić information content (AvgIpc) is 2.81. The molecule has 7 nitrogen and oxygen atoms in total. The lowest BCUT2D eigenvalue weighted by Crippen LogP contribution is -2.18. The van der Waals surface area contributed by atoms with E-state index in [1.165, 1.54) is 7.11 Å². The summed E-state index contributed by atoms with van der Waals surface area (Å²) in [7, 11) is 2.93. The number of aryl methyl sites for hydroxylation is 1. The largest absolute Gasteiger partial charge is 0.464 e. The molecule has 106 valence electrons. The molecule has 0 aliphatic heterocycles. The van der Waals surface area contributed by atoms with Gasteiger partial charge in [-0.05, 0) is 12.8 Å². The van der Waals surface area contributed by atoms with Crippen molar-refractivity contribution in [3.05, 3.63) is 11.4 Å². The zero-order chi connectivity index (χ0) is 14.3. The predicted octanol–water partition coefficient (Wildman–Crippen LogP) is 0.543. The molecule has 1 aromatic rings. The summed E-state index contributed by atoms with van der Waals surface area (Å²) in [4.78, 5) is 22.7. The van der Waals surface area contributed by atoms with Crippen LogP contribution in [-0.2, 0) is 22.5 Å². The number of hydrogen-bond donors (Lipinski definition) is 1. The van der Waals surface area contributed by atoms with Crippen molar-refractivity contribution in [2.45, 2.75) is 39.2 Å². The van der Waals surface area contributed by atoms with Crippen molar-refractivity contribution in [2.24, 2.45) is 0 Å². The molecule has 1 N–H and O–H groups in total. The Morgan fingerprint density at radius 2 is 2.16 bits per heavy atom. The van der Waals surface area contributed by atoms with E-state index in [0.29, 0.717) is 25.8 Å². The van der Waals surface area contributed by atoms with Gasteiger partial charge in [-0.15, -0.1) is 5.10 Å². The van der Waals surface area contributed by atoms with E-state index in [-0.39, 0.29) is 11.6 Å². The third kappa shape index (κ3) is 4.04. The molecule has 7 heteroatoms. The Hall–Kier alpha value is -1.92. The summed E-state index contributed by atoms with van der Waals surface area (Å²) in [5.74, 6) is -0.480. The van der Waals surface area contributed by atoms with E-state index in [4.69, 9.17) is 0 Å². The lowest BCUT2D eigenvalue weighted by atomic mass is 10.2. The number of rotatable bonds is 7. The zero-order valence-corrected chi connectivity index (χ0v) is 11.6. The number of esters is 1. The van der Waals surface area contributed by atoms with Gasteiger partial charge in [0.05, 0.1) is 12.8 Å². The topological polar surface area (TPSA) is 86.1 Å². The summed E-state index contributed by atoms with van der Waals surface area (Å²) in [5, 5.41) is 10.4. The van der Waals surface area contributed by atoms with Gasteiger partial charge in [0.1, 0.15) is 0 Å². The Bertz CT molecular complexity index is 442. The first-order chi connectivity index (χ1) is 9.13. The summed E-state index contributed by atoms with van der Waals surface area (Å²) < 4.78 is 6.36. The highest BCUT2D eigenvalue weighted by atomic mass is 16.5. The standard InChI is InChI=1S/C12H20N4O3/c1-4-6-9-11(12(18)19-3)14-15-16(9)8-5-7-10(17)13-2/h4-8H2,1-3H3,(H,13,17). The summed E-state index contributed by atoms with van der Waals surface area (Å²) >= 11 is 0. The van der Waals surface area contributed by atoms with Crippen molar-refractivity contribution in [2.75, 3.05) is 14.2 Å². The van der Waals surface area contributed by atoms with Crippen LogP contribution in [-0.4, -0.2) is 41.0 Å². The van der Waals surface area contributed by atoms with Crippen LogP contribution in [0.5, 0.6) is 0 Å². The Morgan fingerprint density at radius 3 is 2.74 bits per heavy atom. The van der Waals surface area contributed by atoms with Crippen molar-refractivity contribution in [1.29, 1.82) is 0 Å². The molecule has 0 aliphatic rings. The molecule has 0 bridgehead atoms. The molecule has 0 unspecified atom stereocenters. The molecule has 0 saturated carbocycles. The van der Waals surface area contributed by atoms with Gasteiger partial charge in [0.25, 0.3) is 0 Å². The smallest absolute Gasteiger partial charge is 0.360 e. The van der Waals surface area contributed by atoms with Gasteiger partial charge in [-0.25, -0.2) is 9.48 Å². The zero-order valence-electron chi connectivity index (χ0n) is 11.6. The number of aromatic nitrogens is 3. The van der Waals surface area contributed by atoms with Gasteiger partial charge in [-0.1, -0.05) is 18.6 Å². The lowest BCUT2D eigenvalue weighted by Gasteiger charge is -2.06. The number of ether oxygens (including phenoxy) is 1. The first-order valence-electron chi connectivity index (χ1n) is 6.35. The van der Waals surface area contributed by atoms with Gasteiger partial charge in [0.15, 0.2) is 5.69 Å². The van der Waals surface area contributed by atoms with Crippen LogP contribution in [0, 0.1) is 0 Å². The first kappa shape index (κ1) is 15.1. The third-order valence-corrected chi connectivity index (χ3v) is 2.76. The Balaban J connectivity index is 2.74. The van der Waals surface area contributed by atoms with Crippen LogP contribution in [0.2, 0.25) is 0 Å². The SMILES string of the molecule is CCCc1c(C(=O)OC)nnn1CCCC(=O)NC. The monoisotopic (exact) mass is 268 g/mol. The first-order valence-corrected chi connectivity index (χ1v) is 6.35. The molecular weight excluding hydrogens is 248 g/mol. The van der Waals surface area contributed by atoms with E-state index in [1.54, 1.807) is 11.7 Å². The Labute approximate surface area is 112 Å². The second-order valence-electron chi connectivity index (χ2n) is 4.13. The van der Waals surface area contributed by atoms with Gasteiger partial charge in [0, 0.05) is 20.0 Å². The maximum Gasteiger partial charge on any atom is 0.360 e. The van der Waals surface area contributed by atoms with Crippen molar-refractivity contribution in [3.8, 4) is 0 Å². The highest BCUT2D eigenvalue weighted by molar-refractivity contribution is 5.88. The average molecular weight is 268 g/mol. The van der Waals surface area contributed by atoms with E-state index < -0.39 is 5.97 Å². The highest BCUT2D eigenvalue weighted by Crippen LogP contribution is 2.11. The molecule has 0 spiro atoms. The Kier molecular flexibility index (Phi) is 5.98. The van der Waals surface area contributed by atoms with Gasteiger partial charge in [-0.3, -0.25) is 4.79 Å².